The van der Waals surface area contributed by atoms with Crippen molar-refractivity contribution >= 4 is 54.0 Å². The summed E-state index contributed by atoms with van der Waals surface area (Å²) in [5.41, 5.74) is 0.687. The molecule has 0 saturated heterocycles. The monoisotopic (exact) mass is 1090 g/mol. The molecule has 0 bridgehead atoms. The molecule has 3 aromatic carbocycles. The van der Waals surface area contributed by atoms with Gasteiger partial charge in [0.05, 0.1) is 42.7 Å². The van der Waals surface area contributed by atoms with Crippen LogP contribution in [0.25, 0.3) is 0 Å². The van der Waals surface area contributed by atoms with Crippen molar-refractivity contribution in [2.24, 2.45) is 0 Å². The van der Waals surface area contributed by atoms with E-state index in [0.717, 1.165) is 12.1 Å². The Morgan fingerprint density at radius 2 is 0.696 bits per heavy atom. The van der Waals surface area contributed by atoms with Gasteiger partial charge in [-0.3, -0.25) is 15.1 Å². The summed E-state index contributed by atoms with van der Waals surface area (Å²) in [6.07, 6.45) is -37.1. The Kier molecular flexibility index (Phi) is 23.6. The summed E-state index contributed by atoms with van der Waals surface area (Å²) in [4.78, 5) is 34.6. The Morgan fingerprint density at radius 1 is 0.406 bits per heavy atom. The number of hydrogen-bond acceptors (Lipinski definition) is 18. The summed E-state index contributed by atoms with van der Waals surface area (Å²) < 4.78 is 238. The van der Waals surface area contributed by atoms with Gasteiger partial charge < -0.3 is 30.0 Å². The van der Waals surface area contributed by atoms with E-state index < -0.39 is 124 Å². The molecule has 3 aromatic rings. The lowest BCUT2D eigenvalue weighted by Gasteiger charge is -2.32. The summed E-state index contributed by atoms with van der Waals surface area (Å²) >= 11 is -4.60. The van der Waals surface area contributed by atoms with Crippen molar-refractivity contribution in [3.63, 3.8) is 0 Å². The summed E-state index contributed by atoms with van der Waals surface area (Å²) in [6, 6.07) is 20.7. The summed E-state index contributed by atoms with van der Waals surface area (Å²) in [5.74, 6) is -8.65. The van der Waals surface area contributed by atoms with E-state index in [1.54, 1.807) is 18.2 Å². The Hall–Kier alpha value is -4.50. The number of carbonyl (C=O) groups is 3. The van der Waals surface area contributed by atoms with Gasteiger partial charge in [0.25, 0.3) is 0 Å². The van der Waals surface area contributed by atoms with E-state index >= 15 is 0 Å². The van der Waals surface area contributed by atoms with Gasteiger partial charge in [-0.15, -0.1) is 0 Å². The minimum atomic E-state index is -6.18. The van der Waals surface area contributed by atoms with Gasteiger partial charge in [0, 0.05) is 6.42 Å². The average Bonchev–Trinajstić information content (AvgIpc) is 3.22. The number of esters is 3. The number of para-hydroxylation sites is 1. The van der Waals surface area contributed by atoms with Crippen LogP contribution in [0.2, 0.25) is 0 Å². The second-order valence-electron chi connectivity index (χ2n) is 11.8. The van der Waals surface area contributed by atoms with Gasteiger partial charge in [-0.25, -0.2) is 14.4 Å². The molecular weight excluding hydrogens is 1070 g/mol. The molecule has 0 radical (unpaired) electrons. The molecule has 0 atom stereocenters. The van der Waals surface area contributed by atoms with Crippen molar-refractivity contribution in [1.29, 1.82) is 0 Å². The SMILES string of the molecule is O=C(OCCc1ccccc1)C(SOO[O-])(C(F)(F)F)C(F)(F)F.O=C(OCc1ccccc1)C(SOO[O-])(C(F)(F)F)C(F)(F)F.O=C(Oc1ccccc1)C(SOO[O-])(C(F)(F)F)C(F)(F)F. The minimum absolute atomic E-state index is 0.109. The number of carbonyl (C=O) groups excluding carboxylic acids is 3. The highest BCUT2D eigenvalue weighted by molar-refractivity contribution is 7.97. The van der Waals surface area contributed by atoms with Crippen LogP contribution in [0.4, 0.5) is 79.0 Å². The third-order valence-corrected chi connectivity index (χ3v) is 10.5. The molecule has 0 heterocycles. The van der Waals surface area contributed by atoms with E-state index in [1.807, 2.05) is 0 Å². The molecule has 0 spiro atoms. The van der Waals surface area contributed by atoms with Gasteiger partial charge in [0.1, 0.15) is 12.4 Å². The summed E-state index contributed by atoms with van der Waals surface area (Å²) in [6.45, 7) is -1.58. The molecule has 69 heavy (non-hydrogen) atoms. The molecule has 0 aromatic heterocycles. The lowest BCUT2D eigenvalue weighted by Crippen LogP contribution is -2.61. The van der Waals surface area contributed by atoms with Gasteiger partial charge in [-0.2, -0.15) is 92.0 Å². The highest BCUT2D eigenvalue weighted by Gasteiger charge is 2.81. The zero-order valence-electron chi connectivity index (χ0n) is 32.4. The van der Waals surface area contributed by atoms with E-state index in [1.165, 1.54) is 60.7 Å². The van der Waals surface area contributed by atoms with Crippen LogP contribution in [0, 0.1) is 0 Å². The van der Waals surface area contributed by atoms with Crippen LogP contribution < -0.4 is 20.5 Å². The third-order valence-electron chi connectivity index (χ3n) is 7.45. The van der Waals surface area contributed by atoms with Crippen molar-refractivity contribution in [3.05, 3.63) is 102 Å². The molecule has 0 N–H and O–H groups in total. The summed E-state index contributed by atoms with van der Waals surface area (Å²) in [5, 5.41) is 36.3. The first-order chi connectivity index (χ1) is 31.7. The van der Waals surface area contributed by atoms with Gasteiger partial charge in [0.2, 0.25) is 0 Å². The number of ether oxygens (including phenoxy) is 3. The molecule has 0 saturated carbocycles. The van der Waals surface area contributed by atoms with Gasteiger partial charge in [-0.1, -0.05) is 78.9 Å². The van der Waals surface area contributed by atoms with Crippen LogP contribution in [0.15, 0.2) is 91.0 Å². The number of rotatable bonds is 18. The first-order valence-electron chi connectivity index (χ1n) is 16.7. The fourth-order valence-electron chi connectivity index (χ4n) is 4.26. The van der Waals surface area contributed by atoms with Crippen LogP contribution in [-0.4, -0.2) is 75.8 Å². The molecule has 0 aliphatic heterocycles. The summed E-state index contributed by atoms with van der Waals surface area (Å²) in [7, 11) is 0. The van der Waals surface area contributed by atoms with Gasteiger partial charge >= 0.3 is 69.2 Å². The molecule has 0 fully saturated rings. The van der Waals surface area contributed by atoms with E-state index in [-0.39, 0.29) is 12.0 Å². The van der Waals surface area contributed by atoms with Crippen molar-refractivity contribution in [2.45, 2.75) is 64.3 Å². The molecule has 0 unspecified atom stereocenters. The Bertz CT molecular complexity index is 1970. The van der Waals surface area contributed by atoms with Crippen LogP contribution in [0.3, 0.4) is 0 Å². The van der Waals surface area contributed by atoms with Crippen molar-refractivity contribution in [3.8, 4) is 5.75 Å². The smallest absolute Gasteiger partial charge is 0.425 e. The van der Waals surface area contributed by atoms with Crippen molar-refractivity contribution in [2.75, 3.05) is 6.61 Å². The highest BCUT2D eigenvalue weighted by Crippen LogP contribution is 2.55. The first kappa shape index (κ1) is 62.5. The van der Waals surface area contributed by atoms with Crippen molar-refractivity contribution in [1.82, 2.24) is 0 Å². The minimum Gasteiger partial charge on any atom is -0.691 e. The van der Waals surface area contributed by atoms with Crippen LogP contribution in [-0.2, 0) is 65.0 Å². The maximum Gasteiger partial charge on any atom is 0.425 e. The second kappa shape index (κ2) is 26.1. The van der Waals surface area contributed by atoms with Gasteiger partial charge in [0.15, 0.2) is 0 Å². The fraction of sp³-hybridized carbons (Fsp3) is 0.364. The normalized spacial score (nSPS) is 13.0. The maximum atomic E-state index is 12.9. The van der Waals surface area contributed by atoms with E-state index in [2.05, 4.69) is 42.3 Å². The van der Waals surface area contributed by atoms with Crippen LogP contribution in [0.5, 0.6) is 5.75 Å². The van der Waals surface area contributed by atoms with Crippen LogP contribution >= 0.6 is 36.1 Å². The topological polar surface area (TPSA) is 203 Å². The van der Waals surface area contributed by atoms with E-state index in [0.29, 0.717) is 5.56 Å². The van der Waals surface area contributed by atoms with Crippen molar-refractivity contribution < 1.29 is 152 Å². The van der Waals surface area contributed by atoms with Crippen LogP contribution in [0.1, 0.15) is 11.1 Å². The van der Waals surface area contributed by atoms with E-state index in [9.17, 15) is 109 Å². The second-order valence-corrected chi connectivity index (χ2v) is 14.6. The number of halogens is 18. The molecule has 0 aliphatic carbocycles. The Labute approximate surface area is 383 Å². The molecule has 3 rings (SSSR count). The zero-order chi connectivity index (χ0) is 53.2. The highest BCUT2D eigenvalue weighted by atomic mass is 32.2. The maximum absolute atomic E-state index is 12.9. The van der Waals surface area contributed by atoms with Gasteiger partial charge in [-0.05, 0) is 23.3 Å². The largest absolute Gasteiger partial charge is 0.691 e. The fourth-order valence-corrected chi connectivity index (χ4v) is 5.58. The predicted molar refractivity (Wildman–Crippen MR) is 183 cm³/mol. The molecule has 15 nitrogen and oxygen atoms in total. The average molecular weight is 1100 g/mol. The van der Waals surface area contributed by atoms with E-state index in [4.69, 9.17) is 0 Å². The Morgan fingerprint density at radius 3 is 1.01 bits per heavy atom. The molecule has 0 aliphatic rings. The third kappa shape index (κ3) is 16.3. The standard InChI is InChI=1S/C12H10F6O5S.C11H8F6O5S.C10H6F6O5S/c13-11(14,15)10(12(16,17)18,24-23-22-20)9(19)21-7-6-8-4-2-1-3-5-8;12-10(13,14)9(11(15,16)17,23-22-21-19)8(18)20-6-7-4-2-1-3-5-7;11-9(12,13)8(10(14,15)16,22-21-20-18)7(17)19-6-4-2-1-3-5-6/h1-5,20H,6-7H2;1-5,19H,6H2;1-5,18H/p-3. The number of hydrogen-bond donors (Lipinski definition) is 0. The molecular formula is C33H21F18O15S3-3. The number of alkyl halides is 18. The lowest BCUT2D eigenvalue weighted by molar-refractivity contribution is -0.777. The molecule has 36 heteroatoms. The first-order valence-corrected chi connectivity index (χ1v) is 18.9. The zero-order valence-corrected chi connectivity index (χ0v) is 34.9. The molecule has 390 valence electrons. The molecule has 0 amide bonds. The predicted octanol–water partition coefficient (Wildman–Crippen LogP) is 7.30. The Balaban J connectivity index is 0.000000518. The lowest BCUT2D eigenvalue weighted by atomic mass is 10.1. The quantitative estimate of drug-likeness (QED) is 0.0306. The number of benzene rings is 3.